The molecule has 0 spiro atoms. The van der Waals surface area contributed by atoms with E-state index in [1.807, 2.05) is 13.0 Å². The van der Waals surface area contributed by atoms with Gasteiger partial charge >= 0.3 is 0 Å². The topological polar surface area (TPSA) is 99.4 Å². The molecule has 130 valence electrons. The maximum Gasteiger partial charge on any atom is 0.219 e. The molecule has 8 nitrogen and oxygen atoms in total. The number of carbonyl (C=O) groups excluding carboxylic acids is 1. The number of nitrogens with zero attached hydrogens (tertiary/aromatic N) is 4. The molecule has 2 N–H and O–H groups in total. The second-order valence-corrected chi connectivity index (χ2v) is 6.29. The first-order valence-electron chi connectivity index (χ1n) is 7.71. The van der Waals surface area contributed by atoms with Crippen molar-refractivity contribution in [2.75, 3.05) is 19.8 Å². The molecule has 9 heteroatoms. The Morgan fingerprint density at radius 1 is 1.54 bits per heavy atom. The number of hydrogen-bond acceptors (Lipinski definition) is 6. The van der Waals surface area contributed by atoms with Gasteiger partial charge in [0.25, 0.3) is 0 Å². The first-order valence-corrected chi connectivity index (χ1v) is 8.08. The third-order valence-corrected chi connectivity index (χ3v) is 4.56. The molecular weight excluding hydrogens is 334 g/mol. The molecule has 24 heavy (non-hydrogen) atoms. The second-order valence-electron chi connectivity index (χ2n) is 5.93. The lowest BCUT2D eigenvalue weighted by Gasteiger charge is -2.34. The monoisotopic (exact) mass is 353 g/mol. The number of aryl methyl sites for hydroxylation is 2. The molecule has 0 aliphatic carbocycles. The van der Waals surface area contributed by atoms with Crippen molar-refractivity contribution >= 4 is 17.5 Å². The second kappa shape index (κ2) is 6.92. The summed E-state index contributed by atoms with van der Waals surface area (Å²) >= 11 is 6.44. The van der Waals surface area contributed by atoms with Gasteiger partial charge in [0.05, 0.1) is 13.2 Å². The van der Waals surface area contributed by atoms with Crippen LogP contribution in [-0.4, -0.2) is 51.5 Å². The van der Waals surface area contributed by atoms with Gasteiger partial charge in [-0.25, -0.2) is 0 Å². The molecule has 1 saturated heterocycles. The number of rotatable bonds is 5. The van der Waals surface area contributed by atoms with E-state index in [-0.39, 0.29) is 18.4 Å². The lowest BCUT2D eigenvalue weighted by atomic mass is 10.1. The fourth-order valence-corrected chi connectivity index (χ4v) is 3.08. The Bertz CT molecular complexity index is 742. The predicted molar refractivity (Wildman–Crippen MR) is 87.3 cm³/mol. The molecule has 0 saturated carbocycles. The summed E-state index contributed by atoms with van der Waals surface area (Å²) < 4.78 is 12.2. The highest BCUT2D eigenvalue weighted by Gasteiger charge is 2.28. The highest BCUT2D eigenvalue weighted by Crippen LogP contribution is 2.30. The fourth-order valence-electron chi connectivity index (χ4n) is 2.89. The van der Waals surface area contributed by atoms with Crippen LogP contribution in [0.3, 0.4) is 0 Å². The average Bonchev–Trinajstić information content (AvgIpc) is 3.07. The van der Waals surface area contributed by atoms with Crippen LogP contribution in [0.4, 0.5) is 0 Å². The molecule has 1 aliphatic rings. The molecule has 1 aliphatic heterocycles. The van der Waals surface area contributed by atoms with Crippen LogP contribution in [-0.2, 0) is 23.1 Å². The van der Waals surface area contributed by atoms with Gasteiger partial charge in [-0.2, -0.15) is 5.10 Å². The van der Waals surface area contributed by atoms with Gasteiger partial charge in [-0.3, -0.25) is 14.4 Å². The third-order valence-electron chi connectivity index (χ3n) is 4.09. The SMILES string of the molecule is Cc1cc(-c2nn(C)c(Cl)c2CN2CCOC[C@@H]2CC(N)=O)no1. The Balaban J connectivity index is 1.89. The van der Waals surface area contributed by atoms with Gasteiger partial charge in [0.1, 0.15) is 22.3 Å². The number of primary amides is 1. The van der Waals surface area contributed by atoms with Crippen LogP contribution in [0.1, 0.15) is 17.7 Å². The molecule has 2 aromatic heterocycles. The van der Waals surface area contributed by atoms with Gasteiger partial charge in [0.2, 0.25) is 5.91 Å². The Kier molecular flexibility index (Phi) is 4.88. The van der Waals surface area contributed by atoms with Crippen molar-refractivity contribution in [3.8, 4) is 11.4 Å². The van der Waals surface area contributed by atoms with E-state index in [2.05, 4.69) is 15.2 Å². The van der Waals surface area contributed by atoms with E-state index in [9.17, 15) is 4.79 Å². The summed E-state index contributed by atoms with van der Waals surface area (Å²) in [6.45, 7) is 4.13. The summed E-state index contributed by atoms with van der Waals surface area (Å²) in [5.41, 5.74) is 7.53. The van der Waals surface area contributed by atoms with Crippen LogP contribution in [0.2, 0.25) is 5.15 Å². The smallest absolute Gasteiger partial charge is 0.219 e. The summed E-state index contributed by atoms with van der Waals surface area (Å²) in [5.74, 6) is 0.357. The van der Waals surface area contributed by atoms with Gasteiger partial charge in [-0.15, -0.1) is 0 Å². The molecule has 3 heterocycles. The zero-order chi connectivity index (χ0) is 17.3. The van der Waals surface area contributed by atoms with E-state index in [0.29, 0.717) is 48.6 Å². The Morgan fingerprint density at radius 2 is 2.33 bits per heavy atom. The Morgan fingerprint density at radius 3 is 3.00 bits per heavy atom. The molecule has 0 bridgehead atoms. The molecule has 0 aromatic carbocycles. The molecule has 1 fully saturated rings. The number of amides is 1. The zero-order valence-electron chi connectivity index (χ0n) is 13.7. The van der Waals surface area contributed by atoms with Crippen molar-refractivity contribution in [3.63, 3.8) is 0 Å². The van der Waals surface area contributed by atoms with Crippen molar-refractivity contribution in [2.24, 2.45) is 12.8 Å². The number of morpholine rings is 1. The van der Waals surface area contributed by atoms with Crippen molar-refractivity contribution < 1.29 is 14.1 Å². The quantitative estimate of drug-likeness (QED) is 0.864. The van der Waals surface area contributed by atoms with E-state index in [4.69, 9.17) is 26.6 Å². The van der Waals surface area contributed by atoms with Crippen molar-refractivity contribution in [2.45, 2.75) is 25.9 Å². The standard InChI is InChI=1S/C15H20ClN5O3/c1-9-5-12(19-24-9)14-11(15(16)20(2)18-14)7-21-3-4-23-8-10(21)6-13(17)22/h5,10H,3-4,6-8H2,1-2H3,(H2,17,22)/t10-/m0/s1. The Hall–Kier alpha value is -1.90. The molecular formula is C15H20ClN5O3. The van der Waals surface area contributed by atoms with Crippen LogP contribution in [0.15, 0.2) is 10.6 Å². The van der Waals surface area contributed by atoms with Crippen LogP contribution in [0.5, 0.6) is 0 Å². The van der Waals surface area contributed by atoms with Gasteiger partial charge in [0, 0.05) is 44.2 Å². The lowest BCUT2D eigenvalue weighted by molar-refractivity contribution is -0.121. The molecule has 1 atom stereocenters. The maximum absolute atomic E-state index is 11.3. The minimum absolute atomic E-state index is 0.0700. The first-order chi connectivity index (χ1) is 11.5. The summed E-state index contributed by atoms with van der Waals surface area (Å²) in [6, 6.07) is 1.75. The van der Waals surface area contributed by atoms with E-state index in [1.54, 1.807) is 11.7 Å². The lowest BCUT2D eigenvalue weighted by Crippen LogP contribution is -2.46. The number of hydrogen-bond donors (Lipinski definition) is 1. The van der Waals surface area contributed by atoms with Crippen LogP contribution >= 0.6 is 11.6 Å². The minimum atomic E-state index is -0.347. The van der Waals surface area contributed by atoms with E-state index >= 15 is 0 Å². The maximum atomic E-state index is 11.3. The number of nitrogens with two attached hydrogens (primary N) is 1. The molecule has 2 aromatic rings. The summed E-state index contributed by atoms with van der Waals surface area (Å²) in [6.07, 6.45) is 0.246. The van der Waals surface area contributed by atoms with Crippen LogP contribution in [0, 0.1) is 6.92 Å². The van der Waals surface area contributed by atoms with Gasteiger partial charge in [0.15, 0.2) is 0 Å². The zero-order valence-corrected chi connectivity index (χ0v) is 14.4. The van der Waals surface area contributed by atoms with E-state index < -0.39 is 0 Å². The van der Waals surface area contributed by atoms with Crippen molar-refractivity contribution in [3.05, 3.63) is 22.5 Å². The van der Waals surface area contributed by atoms with E-state index in [0.717, 1.165) is 5.56 Å². The van der Waals surface area contributed by atoms with E-state index in [1.165, 1.54) is 0 Å². The van der Waals surface area contributed by atoms with Crippen molar-refractivity contribution in [1.29, 1.82) is 0 Å². The van der Waals surface area contributed by atoms with Crippen molar-refractivity contribution in [1.82, 2.24) is 19.8 Å². The van der Waals surface area contributed by atoms with Gasteiger partial charge in [-0.05, 0) is 6.92 Å². The fraction of sp³-hybridized carbons (Fsp3) is 0.533. The average molecular weight is 354 g/mol. The number of ether oxygens (including phenoxy) is 1. The minimum Gasteiger partial charge on any atom is -0.378 e. The summed E-state index contributed by atoms with van der Waals surface area (Å²) in [4.78, 5) is 13.4. The molecule has 3 rings (SSSR count). The highest BCUT2D eigenvalue weighted by atomic mass is 35.5. The third kappa shape index (κ3) is 3.45. The van der Waals surface area contributed by atoms with Gasteiger partial charge in [-0.1, -0.05) is 16.8 Å². The van der Waals surface area contributed by atoms with Crippen LogP contribution in [0.25, 0.3) is 11.4 Å². The molecule has 0 radical (unpaired) electrons. The number of aromatic nitrogens is 3. The largest absolute Gasteiger partial charge is 0.378 e. The summed E-state index contributed by atoms with van der Waals surface area (Å²) in [7, 11) is 1.78. The van der Waals surface area contributed by atoms with Crippen LogP contribution < -0.4 is 5.73 Å². The summed E-state index contributed by atoms with van der Waals surface area (Å²) in [5, 5.41) is 9.03. The Labute approximate surface area is 144 Å². The highest BCUT2D eigenvalue weighted by molar-refractivity contribution is 6.30. The van der Waals surface area contributed by atoms with Gasteiger partial charge < -0.3 is 15.0 Å². The first kappa shape index (κ1) is 16.9. The number of halogens is 1. The predicted octanol–water partition coefficient (Wildman–Crippen LogP) is 1.11. The molecule has 1 amide bonds. The molecule has 0 unspecified atom stereocenters. The normalized spacial score (nSPS) is 18.9. The number of carbonyl (C=O) groups is 1.